The van der Waals surface area contributed by atoms with Gasteiger partial charge in [0.1, 0.15) is 11.4 Å². The van der Waals surface area contributed by atoms with Crippen molar-refractivity contribution in [2.45, 2.75) is 38.8 Å². The van der Waals surface area contributed by atoms with Crippen molar-refractivity contribution in [3.8, 4) is 0 Å². The van der Waals surface area contributed by atoms with E-state index in [2.05, 4.69) is 14.9 Å². The third kappa shape index (κ3) is 3.21. The summed E-state index contributed by atoms with van der Waals surface area (Å²) in [5.74, 6) is 0.0349. The molecule has 2 aromatic rings. The van der Waals surface area contributed by atoms with Gasteiger partial charge in [0.25, 0.3) is 0 Å². The highest BCUT2D eigenvalue weighted by atomic mass is 16.6. The molecule has 0 saturated carbocycles. The molecule has 0 N–H and O–H groups in total. The van der Waals surface area contributed by atoms with Gasteiger partial charge in [-0.3, -0.25) is 9.59 Å². The van der Waals surface area contributed by atoms with Crippen LogP contribution in [0, 0.1) is 12.8 Å². The van der Waals surface area contributed by atoms with Crippen LogP contribution in [0.15, 0.2) is 35.0 Å². The Labute approximate surface area is 151 Å². The van der Waals surface area contributed by atoms with Crippen LogP contribution in [0.25, 0.3) is 0 Å². The van der Waals surface area contributed by atoms with E-state index >= 15 is 0 Å². The third-order valence-corrected chi connectivity index (χ3v) is 5.41. The monoisotopic (exact) mass is 354 g/mol. The van der Waals surface area contributed by atoms with E-state index in [4.69, 9.17) is 0 Å². The molecule has 2 amide bonds. The topological polar surface area (TPSA) is 79.5 Å². The minimum atomic E-state index is -0.113. The van der Waals surface area contributed by atoms with E-state index in [9.17, 15) is 9.59 Å². The average Bonchev–Trinajstić information content (AvgIpc) is 2.87. The highest BCUT2D eigenvalue weighted by Crippen LogP contribution is 2.30. The Hall–Kier alpha value is -2.70. The first-order valence-electron chi connectivity index (χ1n) is 9.02. The Balaban J connectivity index is 1.49. The Morgan fingerprint density at radius 3 is 2.73 bits per heavy atom. The van der Waals surface area contributed by atoms with Crippen molar-refractivity contribution in [1.29, 1.82) is 0 Å². The smallest absolute Gasteiger partial charge is 0.228 e. The number of piperidine rings is 1. The summed E-state index contributed by atoms with van der Waals surface area (Å²) in [6, 6.07) is 10.1. The number of fused-ring (bicyclic) bond motifs is 4. The molecule has 5 rings (SSSR count). The maximum Gasteiger partial charge on any atom is 0.228 e. The molecule has 26 heavy (non-hydrogen) atoms. The van der Waals surface area contributed by atoms with Crippen molar-refractivity contribution >= 4 is 11.8 Å². The standard InChI is InChI=1S/C19H22N4O3/c1-13-17(21-26-20-13)9-18(24)22-11-15-7-8-16(12-22)23(19(15)25)10-14-5-3-2-4-6-14/h2-6,15-16H,7-12H2,1H3. The molecule has 1 aromatic heterocycles. The van der Waals surface area contributed by atoms with E-state index in [1.807, 2.05) is 40.1 Å². The lowest BCUT2D eigenvalue weighted by molar-refractivity contribution is -0.140. The predicted molar refractivity (Wildman–Crippen MR) is 92.8 cm³/mol. The number of amides is 2. The summed E-state index contributed by atoms with van der Waals surface area (Å²) in [6.07, 6.45) is 1.96. The Bertz CT molecular complexity index is 804. The van der Waals surface area contributed by atoms with Crippen molar-refractivity contribution in [3.05, 3.63) is 47.3 Å². The summed E-state index contributed by atoms with van der Waals surface area (Å²) in [5.41, 5.74) is 2.33. The van der Waals surface area contributed by atoms with Crippen LogP contribution in [-0.4, -0.2) is 51.1 Å². The zero-order valence-corrected chi connectivity index (χ0v) is 14.8. The van der Waals surface area contributed by atoms with Crippen molar-refractivity contribution in [2.75, 3.05) is 13.1 Å². The van der Waals surface area contributed by atoms with Gasteiger partial charge in [0.15, 0.2) is 0 Å². The molecule has 3 aliphatic heterocycles. The molecule has 1 aromatic carbocycles. The van der Waals surface area contributed by atoms with Crippen molar-refractivity contribution < 1.29 is 14.2 Å². The molecular weight excluding hydrogens is 332 g/mol. The van der Waals surface area contributed by atoms with Crippen LogP contribution >= 0.6 is 0 Å². The molecule has 4 heterocycles. The maximum absolute atomic E-state index is 12.9. The first-order chi connectivity index (χ1) is 12.6. The lowest BCUT2D eigenvalue weighted by Crippen LogP contribution is -2.47. The van der Waals surface area contributed by atoms with Gasteiger partial charge in [-0.05, 0) is 25.3 Å². The number of carbonyl (C=O) groups excluding carboxylic acids is 2. The summed E-state index contributed by atoms with van der Waals surface area (Å²) < 4.78 is 4.68. The highest BCUT2D eigenvalue weighted by molar-refractivity contribution is 5.84. The summed E-state index contributed by atoms with van der Waals surface area (Å²) in [4.78, 5) is 29.4. The van der Waals surface area contributed by atoms with Crippen LogP contribution in [0.5, 0.6) is 0 Å². The van der Waals surface area contributed by atoms with Crippen molar-refractivity contribution in [3.63, 3.8) is 0 Å². The molecule has 136 valence electrons. The fraction of sp³-hybridized carbons (Fsp3) is 0.474. The Morgan fingerprint density at radius 1 is 1.19 bits per heavy atom. The third-order valence-electron chi connectivity index (χ3n) is 5.41. The first kappa shape index (κ1) is 16.8. The number of aromatic nitrogens is 2. The second-order valence-electron chi connectivity index (χ2n) is 7.15. The van der Waals surface area contributed by atoms with Gasteiger partial charge in [0.05, 0.1) is 12.3 Å². The molecule has 0 radical (unpaired) electrons. The van der Waals surface area contributed by atoms with Gasteiger partial charge in [-0.2, -0.15) is 0 Å². The lowest BCUT2D eigenvalue weighted by atomic mass is 9.93. The van der Waals surface area contributed by atoms with Gasteiger partial charge in [0, 0.05) is 25.7 Å². The van der Waals surface area contributed by atoms with E-state index in [0.717, 1.165) is 18.4 Å². The SMILES string of the molecule is Cc1nonc1CC(=O)N1CC2CCC(C1)N(Cc1ccccc1)C2=O. The zero-order valence-electron chi connectivity index (χ0n) is 14.8. The van der Waals surface area contributed by atoms with Gasteiger partial charge < -0.3 is 9.80 Å². The number of carbonyl (C=O) groups is 2. The van der Waals surface area contributed by atoms with Gasteiger partial charge in [-0.1, -0.05) is 40.6 Å². The summed E-state index contributed by atoms with van der Waals surface area (Å²) >= 11 is 0. The number of rotatable bonds is 4. The number of hydrogen-bond acceptors (Lipinski definition) is 5. The van der Waals surface area contributed by atoms with Crippen LogP contribution < -0.4 is 0 Å². The van der Waals surface area contributed by atoms with Gasteiger partial charge in [-0.25, -0.2) is 4.63 Å². The molecular formula is C19H22N4O3. The van der Waals surface area contributed by atoms with E-state index in [0.29, 0.717) is 31.0 Å². The van der Waals surface area contributed by atoms with E-state index < -0.39 is 0 Å². The molecule has 0 aliphatic carbocycles. The molecule has 2 unspecified atom stereocenters. The van der Waals surface area contributed by atoms with E-state index in [-0.39, 0.29) is 30.2 Å². The number of nitrogens with zero attached hydrogens (tertiary/aromatic N) is 4. The fourth-order valence-electron chi connectivity index (χ4n) is 3.90. The molecule has 0 spiro atoms. The van der Waals surface area contributed by atoms with Gasteiger partial charge in [0.2, 0.25) is 11.8 Å². The highest BCUT2D eigenvalue weighted by Gasteiger charge is 2.41. The van der Waals surface area contributed by atoms with Crippen LogP contribution in [0.3, 0.4) is 0 Å². The maximum atomic E-state index is 12.9. The minimum Gasteiger partial charge on any atom is -0.339 e. The van der Waals surface area contributed by atoms with E-state index in [1.165, 1.54) is 0 Å². The molecule has 7 nitrogen and oxygen atoms in total. The lowest BCUT2D eigenvalue weighted by Gasteiger charge is -2.36. The van der Waals surface area contributed by atoms with Crippen molar-refractivity contribution in [2.24, 2.45) is 5.92 Å². The van der Waals surface area contributed by atoms with Gasteiger partial charge in [-0.15, -0.1) is 0 Å². The summed E-state index contributed by atoms with van der Waals surface area (Å²) in [6.45, 7) is 3.45. The largest absolute Gasteiger partial charge is 0.339 e. The second-order valence-corrected chi connectivity index (χ2v) is 7.15. The van der Waals surface area contributed by atoms with Crippen LogP contribution in [0.1, 0.15) is 29.8 Å². The van der Waals surface area contributed by atoms with Crippen LogP contribution in [0.4, 0.5) is 0 Å². The average molecular weight is 354 g/mol. The molecule has 2 bridgehead atoms. The second kappa shape index (κ2) is 6.90. The Morgan fingerprint density at radius 2 is 2.00 bits per heavy atom. The molecule has 3 aliphatic rings. The number of aryl methyl sites for hydroxylation is 1. The van der Waals surface area contributed by atoms with Gasteiger partial charge >= 0.3 is 0 Å². The molecule has 2 atom stereocenters. The van der Waals surface area contributed by atoms with E-state index in [1.54, 1.807) is 6.92 Å². The zero-order chi connectivity index (χ0) is 18.1. The van der Waals surface area contributed by atoms with Crippen molar-refractivity contribution in [1.82, 2.24) is 20.1 Å². The quantitative estimate of drug-likeness (QED) is 0.833. The molecule has 3 fully saturated rings. The Kier molecular flexibility index (Phi) is 4.44. The first-order valence-corrected chi connectivity index (χ1v) is 9.02. The number of hydrogen-bond donors (Lipinski definition) is 0. The minimum absolute atomic E-state index is 0.0185. The summed E-state index contributed by atoms with van der Waals surface area (Å²) in [5, 5.41) is 7.53. The van der Waals surface area contributed by atoms with Crippen LogP contribution in [0.2, 0.25) is 0 Å². The van der Waals surface area contributed by atoms with Crippen LogP contribution in [-0.2, 0) is 22.6 Å². The fourth-order valence-corrected chi connectivity index (χ4v) is 3.90. The summed E-state index contributed by atoms with van der Waals surface area (Å²) in [7, 11) is 0. The predicted octanol–water partition coefficient (Wildman–Crippen LogP) is 1.57. The molecule has 7 heteroatoms. The number of benzene rings is 1. The normalized spacial score (nSPS) is 22.6. The molecule has 3 saturated heterocycles.